The van der Waals surface area contributed by atoms with Crippen LogP contribution in [0.4, 0.5) is 10.5 Å². The number of carbonyl (C=O) groups is 2. The minimum absolute atomic E-state index is 0.117. The van der Waals surface area contributed by atoms with E-state index >= 15 is 0 Å². The topological polar surface area (TPSA) is 79.5 Å². The van der Waals surface area contributed by atoms with Gasteiger partial charge in [0.1, 0.15) is 5.75 Å². The molecule has 0 saturated carbocycles. The zero-order valence-electron chi connectivity index (χ0n) is 14.7. The maximum Gasteiger partial charge on any atom is 0.319 e. The molecule has 0 aliphatic carbocycles. The Kier molecular flexibility index (Phi) is 7.29. The van der Waals surface area contributed by atoms with E-state index in [4.69, 9.17) is 16.3 Å². The van der Waals surface area contributed by atoms with Crippen LogP contribution in [-0.4, -0.2) is 25.0 Å². The molecule has 0 saturated heterocycles. The number of nitrogens with one attached hydrogen (secondary N) is 3. The van der Waals surface area contributed by atoms with E-state index < -0.39 is 6.03 Å². The van der Waals surface area contributed by atoms with E-state index in [2.05, 4.69) is 16.0 Å². The van der Waals surface area contributed by atoms with Crippen molar-refractivity contribution in [2.75, 3.05) is 18.4 Å². The molecule has 7 heteroatoms. The number of hydrogen-bond acceptors (Lipinski definition) is 3. The summed E-state index contributed by atoms with van der Waals surface area (Å²) in [5, 5.41) is 8.34. The molecule has 0 aliphatic rings. The molecule has 2 aromatic carbocycles. The highest BCUT2D eigenvalue weighted by Crippen LogP contribution is 2.31. The van der Waals surface area contributed by atoms with E-state index in [1.807, 2.05) is 32.0 Å². The predicted octanol–water partition coefficient (Wildman–Crippen LogP) is 4.03. The lowest BCUT2D eigenvalue weighted by molar-refractivity contribution is -0.120. The summed E-state index contributed by atoms with van der Waals surface area (Å²) in [7, 11) is 0. The molecule has 0 atom stereocenters. The SMILES string of the molecule is CC(C)CNC(=O)CNC(=O)Nc1cc(Cl)ccc1Oc1ccccc1. The molecule has 3 N–H and O–H groups in total. The summed E-state index contributed by atoms with van der Waals surface area (Å²) in [4.78, 5) is 23.7. The minimum atomic E-state index is -0.523. The van der Waals surface area contributed by atoms with Crippen molar-refractivity contribution in [1.82, 2.24) is 10.6 Å². The van der Waals surface area contributed by atoms with Crippen LogP contribution in [0.1, 0.15) is 13.8 Å². The van der Waals surface area contributed by atoms with Crippen molar-refractivity contribution >= 4 is 29.2 Å². The Hall–Kier alpha value is -2.73. The molecular weight excluding hydrogens is 354 g/mol. The zero-order valence-corrected chi connectivity index (χ0v) is 15.5. The number of anilines is 1. The quantitative estimate of drug-likeness (QED) is 0.683. The van der Waals surface area contributed by atoms with Gasteiger partial charge in [0.2, 0.25) is 5.91 Å². The van der Waals surface area contributed by atoms with Gasteiger partial charge in [-0.1, -0.05) is 43.6 Å². The predicted molar refractivity (Wildman–Crippen MR) is 103 cm³/mol. The van der Waals surface area contributed by atoms with Gasteiger partial charge >= 0.3 is 6.03 Å². The third kappa shape index (κ3) is 6.64. The van der Waals surface area contributed by atoms with Gasteiger partial charge in [0, 0.05) is 11.6 Å². The summed E-state index contributed by atoms with van der Waals surface area (Å²) < 4.78 is 5.78. The van der Waals surface area contributed by atoms with Gasteiger partial charge in [0.05, 0.1) is 12.2 Å². The van der Waals surface area contributed by atoms with E-state index in [1.165, 1.54) is 0 Å². The molecule has 0 spiro atoms. The Morgan fingerprint density at radius 3 is 2.50 bits per heavy atom. The van der Waals surface area contributed by atoms with Gasteiger partial charge in [-0.3, -0.25) is 4.79 Å². The molecule has 0 bridgehead atoms. The van der Waals surface area contributed by atoms with Gasteiger partial charge in [-0.2, -0.15) is 0 Å². The molecule has 6 nitrogen and oxygen atoms in total. The smallest absolute Gasteiger partial charge is 0.319 e. The third-order valence-corrected chi connectivity index (χ3v) is 3.51. The Morgan fingerprint density at radius 1 is 1.08 bits per heavy atom. The van der Waals surface area contributed by atoms with E-state index in [1.54, 1.807) is 30.3 Å². The monoisotopic (exact) mass is 375 g/mol. The third-order valence-electron chi connectivity index (χ3n) is 3.28. The Labute approximate surface area is 157 Å². The van der Waals surface area contributed by atoms with Crippen molar-refractivity contribution < 1.29 is 14.3 Å². The first-order chi connectivity index (χ1) is 12.4. The highest BCUT2D eigenvalue weighted by Gasteiger charge is 2.11. The second kappa shape index (κ2) is 9.68. The van der Waals surface area contributed by atoms with Crippen LogP contribution in [0.15, 0.2) is 48.5 Å². The van der Waals surface area contributed by atoms with Crippen molar-refractivity contribution in [2.45, 2.75) is 13.8 Å². The average molecular weight is 376 g/mol. The number of halogens is 1. The van der Waals surface area contributed by atoms with Gasteiger partial charge < -0.3 is 20.7 Å². The van der Waals surface area contributed by atoms with Crippen LogP contribution in [0.25, 0.3) is 0 Å². The highest BCUT2D eigenvalue weighted by molar-refractivity contribution is 6.31. The van der Waals surface area contributed by atoms with Gasteiger partial charge in [0.25, 0.3) is 0 Å². The number of benzene rings is 2. The fraction of sp³-hybridized carbons (Fsp3) is 0.263. The lowest BCUT2D eigenvalue weighted by atomic mass is 10.2. The molecule has 0 aromatic heterocycles. The maximum atomic E-state index is 12.1. The van der Waals surface area contributed by atoms with Gasteiger partial charge in [-0.25, -0.2) is 4.79 Å². The second-order valence-electron chi connectivity index (χ2n) is 6.06. The van der Waals surface area contributed by atoms with Crippen molar-refractivity contribution in [3.8, 4) is 11.5 Å². The Balaban J connectivity index is 1.96. The lowest BCUT2D eigenvalue weighted by Crippen LogP contribution is -2.40. The molecular formula is C19H22ClN3O3. The van der Waals surface area contributed by atoms with Crippen molar-refractivity contribution in [3.63, 3.8) is 0 Å². The van der Waals surface area contributed by atoms with Crippen LogP contribution >= 0.6 is 11.6 Å². The van der Waals surface area contributed by atoms with Crippen LogP contribution in [0.2, 0.25) is 5.02 Å². The van der Waals surface area contributed by atoms with Crippen molar-refractivity contribution in [1.29, 1.82) is 0 Å². The number of para-hydroxylation sites is 1. The molecule has 0 heterocycles. The fourth-order valence-electron chi connectivity index (χ4n) is 2.01. The summed E-state index contributed by atoms with van der Waals surface area (Å²) in [6.07, 6.45) is 0. The summed E-state index contributed by atoms with van der Waals surface area (Å²) in [6, 6.07) is 13.6. The molecule has 2 aromatic rings. The van der Waals surface area contributed by atoms with Crippen molar-refractivity contribution in [2.24, 2.45) is 5.92 Å². The standard InChI is InChI=1S/C19H22ClN3O3/c1-13(2)11-21-18(24)12-22-19(25)23-16-10-14(20)8-9-17(16)26-15-6-4-3-5-7-15/h3-10,13H,11-12H2,1-2H3,(H,21,24)(H2,22,23,25). The number of amides is 3. The molecule has 138 valence electrons. The van der Waals surface area contributed by atoms with Crippen LogP contribution in [-0.2, 0) is 4.79 Å². The molecule has 0 radical (unpaired) electrons. The number of urea groups is 1. The zero-order chi connectivity index (χ0) is 18.9. The normalized spacial score (nSPS) is 10.3. The molecule has 0 unspecified atom stereocenters. The molecule has 2 rings (SSSR count). The molecule has 3 amide bonds. The van der Waals surface area contributed by atoms with E-state index in [9.17, 15) is 9.59 Å². The number of hydrogen-bond donors (Lipinski definition) is 3. The summed E-state index contributed by atoms with van der Waals surface area (Å²) in [6.45, 7) is 4.43. The average Bonchev–Trinajstić information content (AvgIpc) is 2.61. The summed E-state index contributed by atoms with van der Waals surface area (Å²) in [5.41, 5.74) is 0.404. The minimum Gasteiger partial charge on any atom is -0.455 e. The molecule has 0 aliphatic heterocycles. The van der Waals surface area contributed by atoms with E-state index in [0.29, 0.717) is 34.7 Å². The second-order valence-corrected chi connectivity index (χ2v) is 6.50. The first-order valence-electron chi connectivity index (χ1n) is 8.28. The van der Waals surface area contributed by atoms with E-state index in [0.717, 1.165) is 0 Å². The van der Waals surface area contributed by atoms with Crippen molar-refractivity contribution in [3.05, 3.63) is 53.6 Å². The van der Waals surface area contributed by atoms with Gasteiger partial charge in [0.15, 0.2) is 5.75 Å². The number of rotatable bonds is 7. The first kappa shape index (κ1) is 19.6. The number of carbonyl (C=O) groups excluding carboxylic acids is 2. The van der Waals surface area contributed by atoms with Gasteiger partial charge in [-0.05, 0) is 36.2 Å². The van der Waals surface area contributed by atoms with Gasteiger partial charge in [-0.15, -0.1) is 0 Å². The Morgan fingerprint density at radius 2 is 1.81 bits per heavy atom. The highest BCUT2D eigenvalue weighted by atomic mass is 35.5. The van der Waals surface area contributed by atoms with Crippen LogP contribution in [0.5, 0.6) is 11.5 Å². The fourth-order valence-corrected chi connectivity index (χ4v) is 2.18. The maximum absolute atomic E-state index is 12.1. The largest absolute Gasteiger partial charge is 0.455 e. The summed E-state index contributed by atoms with van der Waals surface area (Å²) >= 11 is 6.01. The number of ether oxygens (including phenoxy) is 1. The molecule has 0 fully saturated rings. The Bertz CT molecular complexity index is 751. The molecule has 26 heavy (non-hydrogen) atoms. The first-order valence-corrected chi connectivity index (χ1v) is 8.66. The van der Waals surface area contributed by atoms with E-state index in [-0.39, 0.29) is 12.5 Å². The van der Waals surface area contributed by atoms with Crippen LogP contribution in [0.3, 0.4) is 0 Å². The van der Waals surface area contributed by atoms with Crippen LogP contribution < -0.4 is 20.7 Å². The lowest BCUT2D eigenvalue weighted by Gasteiger charge is -2.13. The summed E-state index contributed by atoms with van der Waals surface area (Å²) in [5.74, 6) is 1.17. The van der Waals surface area contributed by atoms with Crippen LogP contribution in [0, 0.1) is 5.92 Å².